The van der Waals surface area contributed by atoms with Gasteiger partial charge in [0.05, 0.1) is 38.0 Å². The molecule has 0 radical (unpaired) electrons. The average Bonchev–Trinajstić information content (AvgIpc) is 3.89. The number of ether oxygens (including phenoxy) is 8. The summed E-state index contributed by atoms with van der Waals surface area (Å²) in [5.74, 6) is 1.35. The lowest BCUT2D eigenvalue weighted by molar-refractivity contribution is -0.138. The highest BCUT2D eigenvalue weighted by Crippen LogP contribution is 2.44. The number of alkyl halides is 11. The molecule has 78 heavy (non-hydrogen) atoms. The van der Waals surface area contributed by atoms with Crippen LogP contribution in [-0.2, 0) is 28.0 Å². The van der Waals surface area contributed by atoms with E-state index in [2.05, 4.69) is 22.0 Å². The average molecular weight is 1200 g/mol. The number of rotatable bonds is 11. The first-order valence-corrected chi connectivity index (χ1v) is 26.3. The Labute approximate surface area is 468 Å². The van der Waals surface area contributed by atoms with Crippen molar-refractivity contribution in [2.24, 2.45) is 0 Å². The fourth-order valence-corrected chi connectivity index (χ4v) is 11.1. The van der Waals surface area contributed by atoms with Gasteiger partial charge in [-0.3, -0.25) is 0 Å². The molecule has 6 fully saturated rings. The molecule has 5 unspecified atom stereocenters. The molecule has 3 aromatic rings. The number of amides is 1. The second-order valence-electron chi connectivity index (χ2n) is 19.5. The Morgan fingerprint density at radius 1 is 0.526 bits per heavy atom. The maximum Gasteiger partial charge on any atom is 0.416 e. The van der Waals surface area contributed by atoms with Gasteiger partial charge in [-0.25, -0.2) is 9.59 Å². The molecule has 6 aliphatic heterocycles. The van der Waals surface area contributed by atoms with Crippen LogP contribution in [0.2, 0.25) is 0 Å². The zero-order valence-corrected chi connectivity index (χ0v) is 46.5. The summed E-state index contributed by atoms with van der Waals surface area (Å²) >= 11 is 15.6. The fourth-order valence-electron chi connectivity index (χ4n) is 10.8. The number of halogens is 13. The molecule has 9 rings (SSSR count). The van der Waals surface area contributed by atoms with Crippen LogP contribution < -0.4 is 33.7 Å². The first-order valence-electron chi connectivity index (χ1n) is 25.0. The van der Waals surface area contributed by atoms with Crippen molar-refractivity contribution < 1.29 is 87.0 Å². The van der Waals surface area contributed by atoms with E-state index in [1.807, 2.05) is 0 Å². The third kappa shape index (κ3) is 17.8. The molecule has 1 N–H and O–H groups in total. The molecule has 3 aromatic carbocycles. The Morgan fingerprint density at radius 2 is 0.846 bits per heavy atom. The van der Waals surface area contributed by atoms with E-state index >= 15 is 0 Å². The summed E-state index contributed by atoms with van der Waals surface area (Å²) in [5.41, 5.74) is -4.45. The number of nitrogens with one attached hydrogen (secondary N) is 1. The Hall–Kier alpha value is -4.35. The molecule has 0 spiro atoms. The highest BCUT2D eigenvalue weighted by molar-refractivity contribution is 6.61. The number of benzene rings is 3. The van der Waals surface area contributed by atoms with Crippen LogP contribution in [0.4, 0.5) is 49.1 Å². The summed E-state index contributed by atoms with van der Waals surface area (Å²) in [6.07, 6.45) is -2.71. The van der Waals surface area contributed by atoms with Gasteiger partial charge in [0.15, 0.2) is 45.6 Å². The van der Waals surface area contributed by atoms with Crippen molar-refractivity contribution in [1.82, 2.24) is 15.1 Å². The van der Waals surface area contributed by atoms with Gasteiger partial charge < -0.3 is 53.0 Å². The largest absolute Gasteiger partial charge is 0.493 e. The topological polar surface area (TPSA) is 126 Å². The van der Waals surface area contributed by atoms with Crippen LogP contribution in [-0.4, -0.2) is 115 Å². The minimum absolute atomic E-state index is 0. The van der Waals surface area contributed by atoms with Crippen LogP contribution in [0.15, 0.2) is 54.6 Å². The zero-order chi connectivity index (χ0) is 56.6. The molecule has 26 heteroatoms. The predicted molar refractivity (Wildman–Crippen MR) is 275 cm³/mol. The van der Waals surface area contributed by atoms with Crippen molar-refractivity contribution in [2.75, 3.05) is 28.4 Å². The number of fused-ring (bicyclic) bond motifs is 6. The van der Waals surface area contributed by atoms with Crippen LogP contribution in [0, 0.1) is 0 Å². The third-order valence-electron chi connectivity index (χ3n) is 14.3. The van der Waals surface area contributed by atoms with Crippen LogP contribution in [0.1, 0.15) is 108 Å². The van der Waals surface area contributed by atoms with Crippen molar-refractivity contribution in [2.45, 2.75) is 175 Å². The zero-order valence-electron chi connectivity index (χ0n) is 43.5. The predicted octanol–water partition coefficient (Wildman–Crippen LogP) is 14.3. The number of piperidine rings is 3. The number of hydrogen-bond donors (Lipinski definition) is 1. The van der Waals surface area contributed by atoms with Gasteiger partial charge in [-0.2, -0.15) is 39.5 Å². The van der Waals surface area contributed by atoms with Gasteiger partial charge in [0.2, 0.25) is 0 Å². The molecule has 6 aliphatic rings. The second-order valence-corrected chi connectivity index (χ2v) is 21.1. The SMILES string of the molecule is CC(Cl)OC(=O)Cl.COc1cc(C(F)(F)F)ccc1OC1C[C@H]2CC[C@@H](C1)N2.COc1cc(C(F)(F)F)ccc1OC1C[C@H]2CC[C@@H](C1)N2C.COc1cc(C(F)(F)F)ccc1OC1C[C@H]2CC[C@@H](C1)N2C(=O)OC(C)Cl.Cl. The smallest absolute Gasteiger partial charge is 0.416 e. The van der Waals surface area contributed by atoms with E-state index in [1.54, 1.807) is 11.8 Å². The third-order valence-corrected chi connectivity index (χ3v) is 14.5. The summed E-state index contributed by atoms with van der Waals surface area (Å²) in [6.45, 7) is 3.08. The number of carbonyl (C=O) groups is 2. The van der Waals surface area contributed by atoms with Crippen molar-refractivity contribution in [3.8, 4) is 34.5 Å². The molecule has 6 heterocycles. The molecule has 0 aromatic heterocycles. The Morgan fingerprint density at radius 3 is 1.14 bits per heavy atom. The van der Waals surface area contributed by atoms with Gasteiger partial charge in [0.25, 0.3) is 0 Å². The summed E-state index contributed by atoms with van der Waals surface area (Å²) in [6, 6.07) is 11.9. The first-order chi connectivity index (χ1) is 36.1. The molecule has 6 saturated heterocycles. The van der Waals surface area contributed by atoms with Gasteiger partial charge in [-0.1, -0.05) is 23.2 Å². The lowest BCUT2D eigenvalue weighted by atomic mass is 10.00. The Kier molecular flexibility index (Phi) is 23.0. The van der Waals surface area contributed by atoms with Crippen LogP contribution in [0.5, 0.6) is 34.5 Å². The minimum atomic E-state index is -4.45. The van der Waals surface area contributed by atoms with Gasteiger partial charge in [0.1, 0.15) is 18.3 Å². The molecule has 0 saturated carbocycles. The van der Waals surface area contributed by atoms with Crippen LogP contribution in [0.25, 0.3) is 0 Å². The molecule has 11 atom stereocenters. The highest BCUT2D eigenvalue weighted by Gasteiger charge is 2.46. The summed E-state index contributed by atoms with van der Waals surface area (Å²) < 4.78 is 157. The molecule has 438 valence electrons. The summed E-state index contributed by atoms with van der Waals surface area (Å²) in [5, 5.41) is 3.50. The number of hydrogen-bond acceptors (Lipinski definition) is 12. The lowest BCUT2D eigenvalue weighted by Crippen LogP contribution is -2.49. The van der Waals surface area contributed by atoms with Gasteiger partial charge >= 0.3 is 30.1 Å². The van der Waals surface area contributed by atoms with E-state index in [1.165, 1.54) is 59.3 Å². The number of nitrogens with zero attached hydrogens (tertiary/aromatic N) is 2. The Bertz CT molecular complexity index is 2400. The highest BCUT2D eigenvalue weighted by atomic mass is 35.5. The van der Waals surface area contributed by atoms with E-state index in [0.717, 1.165) is 87.8 Å². The second kappa shape index (κ2) is 27.9. The van der Waals surface area contributed by atoms with E-state index in [4.69, 9.17) is 68.0 Å². The monoisotopic (exact) mass is 1200 g/mol. The molecule has 6 bridgehead atoms. The Balaban J connectivity index is 0.000000203. The molecular weight excluding hydrogens is 1140 g/mol. The lowest BCUT2D eigenvalue weighted by Gasteiger charge is -2.38. The van der Waals surface area contributed by atoms with Crippen LogP contribution >= 0.6 is 47.2 Å². The van der Waals surface area contributed by atoms with Gasteiger partial charge in [-0.15, -0.1) is 12.4 Å². The maximum absolute atomic E-state index is 12.9. The first kappa shape index (κ1) is 64.5. The van der Waals surface area contributed by atoms with Crippen molar-refractivity contribution >= 4 is 58.7 Å². The molecular formula is C52H64Cl4F9N3O10. The van der Waals surface area contributed by atoms with Crippen molar-refractivity contribution in [3.63, 3.8) is 0 Å². The summed E-state index contributed by atoms with van der Waals surface area (Å²) in [4.78, 5) is 26.0. The van der Waals surface area contributed by atoms with Crippen molar-refractivity contribution in [1.29, 1.82) is 0 Å². The molecule has 0 aliphatic carbocycles. The summed E-state index contributed by atoms with van der Waals surface area (Å²) in [7, 11) is 6.16. The standard InChI is InChI=1S/C18H21ClF3NO4.C16H20F3NO2.C15H18F3NO2.C3H4Cl2O2.ClH/c1-10(19)26-17(24)23-12-4-5-13(23)9-14(8-12)27-15-6-3-11(18(20,21)22)7-16(15)25-2;1-20-11-4-5-12(20)9-13(8-11)22-14-6-3-10(16(17,18)19)7-15(14)21-2;1-20-14-6-9(15(16,17)18)2-5-13(14)21-12-7-10-3-4-11(8-12)19-10;1-2(4)7-3(5)6;/h3,6-7,10,12-14H,4-5,8-9H2,1-2H3;3,6-7,11-13H,4-5,8-9H2,1-2H3;2,5-6,10-12,19H,3-4,7-8H2,1H3;2H,1H3;1H/t10?,12-,13+,14?;11-,12+,13?;10-,11+,12?;;. The quantitative estimate of drug-likeness (QED) is 0.112. The molecule has 13 nitrogen and oxygen atoms in total. The van der Waals surface area contributed by atoms with Crippen molar-refractivity contribution in [3.05, 3.63) is 71.3 Å². The molecule has 1 amide bonds. The van der Waals surface area contributed by atoms with E-state index in [9.17, 15) is 49.1 Å². The number of methoxy groups -OCH3 is 3. The van der Waals surface area contributed by atoms with E-state index in [0.29, 0.717) is 48.5 Å². The van der Waals surface area contributed by atoms with Gasteiger partial charge in [0, 0.05) is 60.7 Å². The fraction of sp³-hybridized carbons (Fsp3) is 0.615. The number of carbonyl (C=O) groups excluding carboxylic acids is 2. The van der Waals surface area contributed by atoms with Gasteiger partial charge in [-0.05, 0) is 140 Å². The maximum atomic E-state index is 12.9. The normalized spacial score (nSPS) is 25.9. The van der Waals surface area contributed by atoms with E-state index in [-0.39, 0.29) is 65.8 Å². The minimum Gasteiger partial charge on any atom is -0.493 e. The van der Waals surface area contributed by atoms with Crippen LogP contribution in [0.3, 0.4) is 0 Å². The van der Waals surface area contributed by atoms with E-state index < -0.39 is 57.9 Å².